The van der Waals surface area contributed by atoms with Crippen molar-refractivity contribution in [3.8, 4) is 0 Å². The highest BCUT2D eigenvalue weighted by molar-refractivity contribution is 5.74. The minimum absolute atomic E-state index is 0.237. The first-order valence-corrected chi connectivity index (χ1v) is 15.5. The van der Waals surface area contributed by atoms with Gasteiger partial charge in [0, 0.05) is 20.8 Å². The smallest absolute Gasteiger partial charge is 0.217 e. The summed E-state index contributed by atoms with van der Waals surface area (Å²) in [7, 11) is 0. The van der Waals surface area contributed by atoms with E-state index in [0.29, 0.717) is 0 Å². The molecular weight excluding hydrogens is 666 g/mol. The molecule has 282 valence electrons. The van der Waals surface area contributed by atoms with Gasteiger partial charge in [-0.25, -0.2) is 0 Å². The Morgan fingerprint density at radius 2 is 1.27 bits per heavy atom. The standard InChI is InChI=1S/C28H47N3O18/c1-9-19(39)22(42)23(43)28(44-9)49-25-18(31-12(4)38)27(45-14(6-33)13(5-32)29-10(2)36)47-16(8-35)24(25)48-26-17(30-11(3)37)21(41)20(40)15(7-34)46-26/h6,9,13-28,32,34-35,39-43H,5,7-8H2,1-4H3,(H,29,36)(H,30,37)(H,31,38)/t9-,13-,14-,15+,16+,17+,18+,19+,20-,21+,22+,23-,24+,25+,26-,27+,28-/m0/s1. The summed E-state index contributed by atoms with van der Waals surface area (Å²) in [4.78, 5) is 48.4. The molecule has 0 spiro atoms. The van der Waals surface area contributed by atoms with Crippen LogP contribution in [0.15, 0.2) is 0 Å². The second-order valence-electron chi connectivity index (χ2n) is 12.0. The maximum Gasteiger partial charge on any atom is 0.217 e. The lowest BCUT2D eigenvalue weighted by atomic mass is 9.93. The Balaban J connectivity index is 2.11. The molecule has 0 radical (unpaired) electrons. The number of hydrogen-bond donors (Lipinski definition) is 11. The number of aliphatic hydroxyl groups excluding tert-OH is 8. The zero-order chi connectivity index (χ0) is 36.7. The number of carbonyl (C=O) groups excluding carboxylic acids is 4. The Labute approximate surface area is 280 Å². The summed E-state index contributed by atoms with van der Waals surface area (Å²) >= 11 is 0. The lowest BCUT2D eigenvalue weighted by Crippen LogP contribution is -2.71. The molecule has 3 saturated heterocycles. The van der Waals surface area contributed by atoms with Gasteiger partial charge in [-0.05, 0) is 6.92 Å². The molecule has 0 bridgehead atoms. The van der Waals surface area contributed by atoms with Gasteiger partial charge in [-0.3, -0.25) is 14.4 Å². The molecule has 0 aromatic carbocycles. The Hall–Kier alpha value is -2.48. The van der Waals surface area contributed by atoms with Crippen LogP contribution in [0.2, 0.25) is 0 Å². The highest BCUT2D eigenvalue weighted by Crippen LogP contribution is 2.34. The van der Waals surface area contributed by atoms with Crippen molar-refractivity contribution in [1.82, 2.24) is 16.0 Å². The summed E-state index contributed by atoms with van der Waals surface area (Å²) in [6, 6.07) is -4.37. The van der Waals surface area contributed by atoms with Crippen LogP contribution in [0.1, 0.15) is 27.7 Å². The molecule has 11 N–H and O–H groups in total. The Bertz CT molecular complexity index is 1120. The maximum atomic E-state index is 12.5. The number of nitrogens with one attached hydrogen (secondary N) is 3. The monoisotopic (exact) mass is 713 g/mol. The molecule has 3 fully saturated rings. The van der Waals surface area contributed by atoms with Crippen LogP contribution >= 0.6 is 0 Å². The van der Waals surface area contributed by atoms with Gasteiger partial charge in [0.05, 0.1) is 32.0 Å². The average Bonchev–Trinajstić information content (AvgIpc) is 3.04. The molecule has 3 aliphatic heterocycles. The third kappa shape index (κ3) is 9.86. The van der Waals surface area contributed by atoms with Crippen LogP contribution < -0.4 is 16.0 Å². The summed E-state index contributed by atoms with van der Waals surface area (Å²) < 4.78 is 35.2. The highest BCUT2D eigenvalue weighted by Gasteiger charge is 2.55. The number of rotatable bonds is 14. The minimum atomic E-state index is -1.91. The molecule has 0 saturated carbocycles. The zero-order valence-electron chi connectivity index (χ0n) is 27.2. The fourth-order valence-electron chi connectivity index (χ4n) is 5.77. The molecular formula is C28H47N3O18. The molecule has 0 unspecified atom stereocenters. The number of ether oxygens (including phenoxy) is 6. The quantitative estimate of drug-likeness (QED) is 0.0745. The number of amides is 3. The van der Waals surface area contributed by atoms with Gasteiger partial charge in [0.25, 0.3) is 0 Å². The van der Waals surface area contributed by atoms with E-state index in [0.717, 1.165) is 20.8 Å². The van der Waals surface area contributed by atoms with Gasteiger partial charge in [0.1, 0.15) is 73.1 Å². The topological polar surface area (TPSA) is 322 Å². The molecule has 21 heteroatoms. The molecule has 3 aliphatic rings. The van der Waals surface area contributed by atoms with Crippen molar-refractivity contribution in [3.05, 3.63) is 0 Å². The van der Waals surface area contributed by atoms with Crippen LogP contribution in [0.5, 0.6) is 0 Å². The van der Waals surface area contributed by atoms with Crippen LogP contribution in [0.25, 0.3) is 0 Å². The fraction of sp³-hybridized carbons (Fsp3) is 0.857. The Morgan fingerprint density at radius 1 is 0.694 bits per heavy atom. The van der Waals surface area contributed by atoms with Crippen molar-refractivity contribution in [2.45, 2.75) is 132 Å². The van der Waals surface area contributed by atoms with E-state index in [9.17, 15) is 60.0 Å². The van der Waals surface area contributed by atoms with Gasteiger partial charge >= 0.3 is 0 Å². The summed E-state index contributed by atoms with van der Waals surface area (Å²) in [6.07, 6.45) is -22.7. The van der Waals surface area contributed by atoms with E-state index in [1.54, 1.807) is 0 Å². The van der Waals surface area contributed by atoms with Gasteiger partial charge in [-0.15, -0.1) is 0 Å². The van der Waals surface area contributed by atoms with E-state index >= 15 is 0 Å². The van der Waals surface area contributed by atoms with Gasteiger partial charge in [0.2, 0.25) is 17.7 Å². The molecule has 0 aromatic rings. The van der Waals surface area contributed by atoms with Crippen LogP contribution in [0.4, 0.5) is 0 Å². The summed E-state index contributed by atoms with van der Waals surface area (Å²) in [5, 5.41) is 90.1. The van der Waals surface area contributed by atoms with E-state index in [2.05, 4.69) is 16.0 Å². The van der Waals surface area contributed by atoms with E-state index < -0.39 is 142 Å². The predicted molar refractivity (Wildman–Crippen MR) is 156 cm³/mol. The Kier molecular flexibility index (Phi) is 15.2. The van der Waals surface area contributed by atoms with Crippen molar-refractivity contribution >= 4 is 24.0 Å². The second kappa shape index (κ2) is 18.1. The first-order chi connectivity index (χ1) is 23.1. The van der Waals surface area contributed by atoms with Crippen molar-refractivity contribution in [3.63, 3.8) is 0 Å². The van der Waals surface area contributed by atoms with Gasteiger partial charge in [-0.1, -0.05) is 0 Å². The molecule has 3 heterocycles. The van der Waals surface area contributed by atoms with Crippen LogP contribution in [-0.4, -0.2) is 189 Å². The van der Waals surface area contributed by atoms with Gasteiger partial charge in [-0.2, -0.15) is 0 Å². The van der Waals surface area contributed by atoms with Crippen LogP contribution in [-0.2, 0) is 47.6 Å². The lowest BCUT2D eigenvalue weighted by molar-refractivity contribution is -0.367. The van der Waals surface area contributed by atoms with Crippen molar-refractivity contribution in [2.24, 2.45) is 0 Å². The highest BCUT2D eigenvalue weighted by atomic mass is 16.8. The summed E-state index contributed by atoms with van der Waals surface area (Å²) in [5.74, 6) is -2.06. The molecule has 0 aromatic heterocycles. The average molecular weight is 714 g/mol. The molecule has 17 atom stereocenters. The fourth-order valence-corrected chi connectivity index (χ4v) is 5.77. The number of carbonyl (C=O) groups is 4. The maximum absolute atomic E-state index is 12.5. The van der Waals surface area contributed by atoms with Crippen molar-refractivity contribution in [2.75, 3.05) is 19.8 Å². The molecule has 21 nitrogen and oxygen atoms in total. The molecule has 0 aliphatic carbocycles. The van der Waals surface area contributed by atoms with Crippen LogP contribution in [0, 0.1) is 0 Å². The van der Waals surface area contributed by atoms with Crippen molar-refractivity contribution < 1.29 is 88.5 Å². The largest absolute Gasteiger partial charge is 0.394 e. The normalized spacial score (nSPS) is 40.9. The zero-order valence-corrected chi connectivity index (χ0v) is 27.2. The molecule has 3 amide bonds. The number of aliphatic hydroxyl groups is 8. The molecule has 3 rings (SSSR count). The van der Waals surface area contributed by atoms with E-state index in [-0.39, 0.29) is 6.29 Å². The predicted octanol–water partition coefficient (Wildman–Crippen LogP) is -7.17. The van der Waals surface area contributed by atoms with Gasteiger partial charge < -0.3 is 90.0 Å². The van der Waals surface area contributed by atoms with Crippen molar-refractivity contribution in [1.29, 1.82) is 0 Å². The first-order valence-electron chi connectivity index (χ1n) is 15.5. The minimum Gasteiger partial charge on any atom is -0.394 e. The number of aldehydes is 1. The van der Waals surface area contributed by atoms with E-state index in [1.165, 1.54) is 6.92 Å². The second-order valence-corrected chi connectivity index (χ2v) is 12.0. The Morgan fingerprint density at radius 3 is 1.80 bits per heavy atom. The summed E-state index contributed by atoms with van der Waals surface area (Å²) in [5.41, 5.74) is 0. The lowest BCUT2D eigenvalue weighted by Gasteiger charge is -2.51. The first kappa shape index (κ1) is 40.9. The van der Waals surface area contributed by atoms with Gasteiger partial charge in [0.15, 0.2) is 25.2 Å². The van der Waals surface area contributed by atoms with E-state index in [4.69, 9.17) is 28.4 Å². The third-order valence-electron chi connectivity index (χ3n) is 8.25. The number of hydrogen-bond acceptors (Lipinski definition) is 18. The third-order valence-corrected chi connectivity index (χ3v) is 8.25. The van der Waals surface area contributed by atoms with E-state index in [1.807, 2.05) is 0 Å². The molecule has 49 heavy (non-hydrogen) atoms. The van der Waals surface area contributed by atoms with Crippen LogP contribution in [0.3, 0.4) is 0 Å². The SMILES string of the molecule is CC(=O)N[C@H]1[C@H](O[C@H]2[C@H](O[C@@H]3O[C@@H](C)[C@@H](O)[C@@H](O)[C@@H]3O)[C@@H](NC(C)=O)[C@H](O[C@@H](C=O)[C@H](CO)NC(C)=O)O[C@@H]2CO)O[C@H](CO)[C@H](O)[C@@H]1O. The summed E-state index contributed by atoms with van der Waals surface area (Å²) in [6.45, 7) is 2.17.